The maximum absolute atomic E-state index is 12.7. The Morgan fingerprint density at radius 3 is 0.609 bits per heavy atom. The van der Waals surface area contributed by atoms with Gasteiger partial charge in [0.1, 0.15) is 0 Å². The van der Waals surface area contributed by atoms with E-state index in [0.717, 1.165) is 51.4 Å². The molecule has 0 rings (SSSR count). The molecular formula is C56H110O7S. The lowest BCUT2D eigenvalue weighted by Gasteiger charge is -2.33. The van der Waals surface area contributed by atoms with Crippen molar-refractivity contribution in [2.24, 2.45) is 5.41 Å². The fraction of sp³-hybridized carbons (Fsp3) is 0.964. The molecule has 0 aromatic carbocycles. The van der Waals surface area contributed by atoms with Gasteiger partial charge in [-0.2, -0.15) is 8.42 Å². The van der Waals surface area contributed by atoms with Crippen LogP contribution in [-0.2, 0) is 19.7 Å². The maximum atomic E-state index is 12.7. The summed E-state index contributed by atoms with van der Waals surface area (Å²) in [5.41, 5.74) is -2.03. The summed E-state index contributed by atoms with van der Waals surface area (Å²) < 4.78 is 34.6. The molecule has 0 bridgehead atoms. The third kappa shape index (κ3) is 38.9. The number of aliphatic carboxylic acids is 2. The van der Waals surface area contributed by atoms with E-state index < -0.39 is 32.7 Å². The molecule has 0 amide bonds. The predicted molar refractivity (Wildman–Crippen MR) is 275 cm³/mol. The average molecular weight is 928 g/mol. The molecular weight excluding hydrogens is 817 g/mol. The molecule has 3 N–H and O–H groups in total. The van der Waals surface area contributed by atoms with Crippen LogP contribution in [0.2, 0.25) is 0 Å². The van der Waals surface area contributed by atoms with Gasteiger partial charge in [-0.25, -0.2) is 0 Å². The zero-order valence-corrected chi connectivity index (χ0v) is 43.6. The zero-order chi connectivity index (χ0) is 47.1. The van der Waals surface area contributed by atoms with Gasteiger partial charge in [0.05, 0.1) is 5.41 Å². The van der Waals surface area contributed by atoms with Crippen molar-refractivity contribution in [2.75, 3.05) is 0 Å². The van der Waals surface area contributed by atoms with Gasteiger partial charge in [-0.15, -0.1) is 0 Å². The second-order valence-corrected chi connectivity index (χ2v) is 22.0. The lowest BCUT2D eigenvalue weighted by molar-refractivity contribution is -0.156. The second kappa shape index (κ2) is 46.9. The lowest BCUT2D eigenvalue weighted by Crippen LogP contribution is -2.51. The van der Waals surface area contributed by atoms with Crippen LogP contribution >= 0.6 is 0 Å². The Bertz CT molecular complexity index is 1060. The summed E-state index contributed by atoms with van der Waals surface area (Å²) in [7, 11) is -5.10. The Balaban J connectivity index is 4.05. The number of carboxylic acid groups (broad SMARTS) is 2. The van der Waals surface area contributed by atoms with E-state index in [0.29, 0.717) is 12.8 Å². The summed E-state index contributed by atoms with van der Waals surface area (Å²) >= 11 is 0. The molecule has 1 atom stereocenters. The second-order valence-electron chi connectivity index (χ2n) is 20.5. The molecule has 7 nitrogen and oxygen atoms in total. The third-order valence-corrected chi connectivity index (χ3v) is 15.7. The normalized spacial score (nSPS) is 12.6. The van der Waals surface area contributed by atoms with Crippen LogP contribution in [0.4, 0.5) is 0 Å². The monoisotopic (exact) mass is 927 g/mol. The SMILES string of the molecule is CCCCCCCCCCCCCCCCCCCCCCCCCCC(CCCCCCCCCCCCCCCCCCCCCCCCCC)(C(=O)O)C(C(=O)O)S(=O)(=O)O. The standard InChI is InChI=1S/C56H110O7S/c1-3-5-7-9-11-13-15-17-19-21-23-25-27-29-31-33-35-37-39-41-43-45-47-49-51-56(55(59)60,53(54(57)58)64(61,62)63)52-50-48-46-44-42-40-38-36-34-32-30-28-26-24-22-20-18-16-14-12-10-8-6-4-2/h53H,3-52H2,1-2H3,(H,57,58)(H,59,60)(H,61,62,63). The van der Waals surface area contributed by atoms with Gasteiger partial charge in [-0.1, -0.05) is 322 Å². The Kier molecular flexibility index (Phi) is 46.1. The van der Waals surface area contributed by atoms with Crippen molar-refractivity contribution in [3.8, 4) is 0 Å². The summed E-state index contributed by atoms with van der Waals surface area (Å²) in [6.45, 7) is 4.56. The molecule has 0 aromatic rings. The van der Waals surface area contributed by atoms with E-state index in [-0.39, 0.29) is 12.8 Å². The summed E-state index contributed by atoms with van der Waals surface area (Å²) in [5, 5.41) is 17.8. The van der Waals surface area contributed by atoms with Gasteiger partial charge in [0.15, 0.2) is 5.25 Å². The molecule has 0 fully saturated rings. The van der Waals surface area contributed by atoms with Crippen molar-refractivity contribution < 1.29 is 32.8 Å². The number of carbonyl (C=O) groups is 2. The van der Waals surface area contributed by atoms with Crippen molar-refractivity contribution in [1.29, 1.82) is 0 Å². The van der Waals surface area contributed by atoms with Gasteiger partial charge in [0.2, 0.25) is 0 Å². The van der Waals surface area contributed by atoms with Crippen LogP contribution in [-0.4, -0.2) is 40.4 Å². The van der Waals surface area contributed by atoms with Gasteiger partial charge >= 0.3 is 11.9 Å². The third-order valence-electron chi connectivity index (χ3n) is 14.4. The number of unbranched alkanes of at least 4 members (excludes halogenated alkanes) is 46. The number of hydrogen-bond acceptors (Lipinski definition) is 4. The van der Waals surface area contributed by atoms with E-state index in [9.17, 15) is 32.8 Å². The highest BCUT2D eigenvalue weighted by atomic mass is 32.2. The average Bonchev–Trinajstić information content (AvgIpc) is 3.25. The van der Waals surface area contributed by atoms with Gasteiger partial charge < -0.3 is 10.2 Å². The topological polar surface area (TPSA) is 129 Å². The molecule has 0 spiro atoms. The molecule has 0 aliphatic rings. The molecule has 0 radical (unpaired) electrons. The number of rotatable bonds is 54. The maximum Gasteiger partial charge on any atom is 0.325 e. The van der Waals surface area contributed by atoms with E-state index in [2.05, 4.69) is 13.8 Å². The summed E-state index contributed by atoms with van der Waals surface area (Å²) in [4.78, 5) is 24.9. The molecule has 1 unspecified atom stereocenters. The molecule has 8 heteroatoms. The van der Waals surface area contributed by atoms with Crippen LogP contribution in [0.15, 0.2) is 0 Å². The first kappa shape index (κ1) is 62.8. The van der Waals surface area contributed by atoms with Gasteiger partial charge in [-0.3, -0.25) is 14.1 Å². The largest absolute Gasteiger partial charge is 0.481 e. The smallest absolute Gasteiger partial charge is 0.325 e. The minimum absolute atomic E-state index is 0.0578. The molecule has 0 aliphatic heterocycles. The quantitative estimate of drug-likeness (QED) is 0.0409. The van der Waals surface area contributed by atoms with Crippen molar-refractivity contribution in [3.05, 3.63) is 0 Å². The van der Waals surface area contributed by atoms with Crippen LogP contribution in [0.5, 0.6) is 0 Å². The molecule has 0 saturated heterocycles. The van der Waals surface area contributed by atoms with E-state index in [4.69, 9.17) is 0 Å². The molecule has 0 aliphatic carbocycles. The molecule has 382 valence electrons. The Morgan fingerprint density at radius 1 is 0.328 bits per heavy atom. The molecule has 0 heterocycles. The molecule has 64 heavy (non-hydrogen) atoms. The minimum atomic E-state index is -5.10. The van der Waals surface area contributed by atoms with E-state index in [1.165, 1.54) is 244 Å². The zero-order valence-electron chi connectivity index (χ0n) is 42.8. The Morgan fingerprint density at radius 2 is 0.484 bits per heavy atom. The van der Waals surface area contributed by atoms with Gasteiger partial charge in [-0.05, 0) is 12.8 Å². The van der Waals surface area contributed by atoms with Crippen LogP contribution < -0.4 is 0 Å². The predicted octanol–water partition coefficient (Wildman–Crippen LogP) is 18.9. The van der Waals surface area contributed by atoms with Crippen LogP contribution in [0.3, 0.4) is 0 Å². The number of hydrogen-bond donors (Lipinski definition) is 3. The highest BCUT2D eigenvalue weighted by molar-refractivity contribution is 7.87. The fourth-order valence-corrected chi connectivity index (χ4v) is 11.3. The van der Waals surface area contributed by atoms with E-state index in [1.807, 2.05) is 0 Å². The van der Waals surface area contributed by atoms with Crippen LogP contribution in [0.1, 0.15) is 335 Å². The van der Waals surface area contributed by atoms with Crippen molar-refractivity contribution in [3.63, 3.8) is 0 Å². The minimum Gasteiger partial charge on any atom is -0.481 e. The first-order valence-corrected chi connectivity index (χ1v) is 30.1. The molecule has 0 aromatic heterocycles. The van der Waals surface area contributed by atoms with Gasteiger partial charge in [0, 0.05) is 0 Å². The highest BCUT2D eigenvalue weighted by Crippen LogP contribution is 2.40. The Labute approximate surface area is 398 Å². The Hall–Kier alpha value is -1.15. The van der Waals surface area contributed by atoms with Gasteiger partial charge in [0.25, 0.3) is 10.1 Å². The highest BCUT2D eigenvalue weighted by Gasteiger charge is 2.55. The molecule has 0 saturated carbocycles. The van der Waals surface area contributed by atoms with Crippen molar-refractivity contribution >= 4 is 22.1 Å². The van der Waals surface area contributed by atoms with Crippen LogP contribution in [0.25, 0.3) is 0 Å². The van der Waals surface area contributed by atoms with Crippen molar-refractivity contribution in [2.45, 2.75) is 340 Å². The lowest BCUT2D eigenvalue weighted by atomic mass is 9.74. The van der Waals surface area contributed by atoms with E-state index in [1.54, 1.807) is 0 Å². The first-order chi connectivity index (χ1) is 31.1. The van der Waals surface area contributed by atoms with Crippen LogP contribution in [0, 0.1) is 5.41 Å². The summed E-state index contributed by atoms with van der Waals surface area (Å²) in [6, 6.07) is 0. The summed E-state index contributed by atoms with van der Waals surface area (Å²) in [6.07, 6.45) is 60.4. The fourth-order valence-electron chi connectivity index (χ4n) is 10.2. The van der Waals surface area contributed by atoms with Crippen molar-refractivity contribution in [1.82, 2.24) is 0 Å². The number of carboxylic acids is 2. The summed E-state index contributed by atoms with van der Waals surface area (Å²) in [5.74, 6) is -3.21. The van der Waals surface area contributed by atoms with E-state index >= 15 is 0 Å². The first-order valence-electron chi connectivity index (χ1n) is 28.6.